The summed E-state index contributed by atoms with van der Waals surface area (Å²) in [6.45, 7) is 0.271. The number of guanidine groups is 1. The van der Waals surface area contributed by atoms with E-state index in [2.05, 4.69) is 32.0 Å². The van der Waals surface area contributed by atoms with E-state index in [0.717, 1.165) is 33.9 Å². The number of fused-ring (bicyclic) bond motifs is 1. The van der Waals surface area contributed by atoms with E-state index in [1.54, 1.807) is 37.0 Å². The number of thioether (sulfide) groups is 1. The maximum absolute atomic E-state index is 13.4. The number of rotatable bonds is 10. The molecule has 0 unspecified atom stereocenters. The molecule has 0 aliphatic carbocycles. The van der Waals surface area contributed by atoms with E-state index in [1.165, 1.54) is 16.2 Å². The van der Waals surface area contributed by atoms with Crippen molar-refractivity contribution in [1.29, 1.82) is 5.26 Å². The molecule has 0 radical (unpaired) electrons. The molecule has 2 heterocycles. The molecule has 0 bridgehead atoms. The first-order valence-corrected chi connectivity index (χ1v) is 16.1. The molecule has 4 aromatic rings. The Morgan fingerprint density at radius 3 is 2.73 bits per heavy atom. The minimum Gasteiger partial charge on any atom is -0.370 e. The van der Waals surface area contributed by atoms with Gasteiger partial charge >= 0.3 is 6.03 Å². The Balaban J connectivity index is 1.22. The number of anilines is 3. The minimum atomic E-state index is -1.14. The van der Waals surface area contributed by atoms with Gasteiger partial charge in [0.2, 0.25) is 6.17 Å². The number of urea groups is 1. The largest absolute Gasteiger partial charge is 0.370 e. The SMILES string of the molecule is CN1C(=O)[C@H](NC(=O)Nc2cccc(CN=C(N)Nc3nc(CSCCC#N)cs3)c2)N=C(c2ccccc2)c2ccccc21. The quantitative estimate of drug-likeness (QED) is 0.106. The highest BCUT2D eigenvalue weighted by Crippen LogP contribution is 2.27. The van der Waals surface area contributed by atoms with Crippen molar-refractivity contribution < 1.29 is 9.59 Å². The number of likely N-dealkylation sites (N-methyl/N-ethyl adjacent to an activating group) is 1. The molecule has 5 N–H and O–H groups in total. The molecule has 3 aromatic carbocycles. The molecular weight excluding hydrogens is 607 g/mol. The van der Waals surface area contributed by atoms with Gasteiger partial charge in [0.1, 0.15) is 0 Å². The van der Waals surface area contributed by atoms with Gasteiger partial charge in [0.15, 0.2) is 11.1 Å². The maximum Gasteiger partial charge on any atom is 0.321 e. The number of nitrogens with zero attached hydrogens (tertiary/aromatic N) is 5. The molecule has 5 rings (SSSR count). The Morgan fingerprint density at radius 1 is 1.11 bits per heavy atom. The van der Waals surface area contributed by atoms with Crippen LogP contribution < -0.4 is 26.6 Å². The van der Waals surface area contributed by atoms with Crippen molar-refractivity contribution in [3.8, 4) is 6.07 Å². The number of hydrogen-bond donors (Lipinski definition) is 4. The second-order valence-corrected chi connectivity index (χ2v) is 11.9. The Labute approximate surface area is 269 Å². The van der Waals surface area contributed by atoms with Crippen LogP contribution in [-0.2, 0) is 17.1 Å². The molecule has 228 valence electrons. The van der Waals surface area contributed by atoms with E-state index in [9.17, 15) is 9.59 Å². The Morgan fingerprint density at radius 2 is 1.91 bits per heavy atom. The molecule has 11 nitrogen and oxygen atoms in total. The number of carbonyl (C=O) groups excluding carboxylic acids is 2. The molecule has 1 atom stereocenters. The third-order valence-electron chi connectivity index (χ3n) is 6.67. The Hall–Kier alpha value is -5.19. The van der Waals surface area contributed by atoms with Crippen molar-refractivity contribution in [2.24, 2.45) is 15.7 Å². The summed E-state index contributed by atoms with van der Waals surface area (Å²) in [6.07, 6.45) is -0.628. The lowest BCUT2D eigenvalue weighted by atomic mass is 10.0. The zero-order chi connectivity index (χ0) is 31.6. The van der Waals surface area contributed by atoms with Crippen LogP contribution in [0.1, 0.15) is 28.8 Å². The second kappa shape index (κ2) is 15.0. The summed E-state index contributed by atoms with van der Waals surface area (Å²) in [4.78, 5) is 41.6. The first-order chi connectivity index (χ1) is 21.9. The molecule has 45 heavy (non-hydrogen) atoms. The minimum absolute atomic E-state index is 0.216. The fourth-order valence-corrected chi connectivity index (χ4v) is 6.09. The summed E-state index contributed by atoms with van der Waals surface area (Å²) in [7, 11) is 1.67. The van der Waals surface area contributed by atoms with Gasteiger partial charge in [-0.1, -0.05) is 60.7 Å². The van der Waals surface area contributed by atoms with Crippen LogP contribution in [0.25, 0.3) is 0 Å². The number of carbonyl (C=O) groups is 2. The van der Waals surface area contributed by atoms with Gasteiger partial charge < -0.3 is 26.6 Å². The van der Waals surface area contributed by atoms with Crippen LogP contribution in [0.5, 0.6) is 0 Å². The number of aromatic nitrogens is 1. The smallest absolute Gasteiger partial charge is 0.321 e. The molecular formula is C32H31N9O2S2. The van der Waals surface area contributed by atoms with Crippen LogP contribution in [0.4, 0.5) is 21.3 Å². The van der Waals surface area contributed by atoms with Gasteiger partial charge in [0.25, 0.3) is 5.91 Å². The van der Waals surface area contributed by atoms with E-state index < -0.39 is 12.2 Å². The van der Waals surface area contributed by atoms with Crippen molar-refractivity contribution in [3.63, 3.8) is 0 Å². The summed E-state index contributed by atoms with van der Waals surface area (Å²) in [5.41, 5.74) is 11.3. The molecule has 13 heteroatoms. The molecule has 1 aliphatic rings. The summed E-state index contributed by atoms with van der Waals surface area (Å²) in [5, 5.41) is 19.8. The number of nitrogens with one attached hydrogen (secondary N) is 3. The first-order valence-electron chi connectivity index (χ1n) is 14.0. The van der Waals surface area contributed by atoms with Crippen molar-refractivity contribution in [2.75, 3.05) is 28.3 Å². The van der Waals surface area contributed by atoms with Gasteiger partial charge in [0, 0.05) is 47.2 Å². The van der Waals surface area contributed by atoms with Crippen LogP contribution in [0.2, 0.25) is 0 Å². The highest BCUT2D eigenvalue weighted by Gasteiger charge is 2.31. The number of hydrogen-bond acceptors (Lipinski definition) is 8. The van der Waals surface area contributed by atoms with Crippen LogP contribution in [0.15, 0.2) is 94.2 Å². The number of benzodiazepines with no additional fused rings is 1. The average Bonchev–Trinajstić information content (AvgIpc) is 3.47. The Kier molecular flexibility index (Phi) is 10.4. The number of nitriles is 1. The monoisotopic (exact) mass is 637 g/mol. The van der Waals surface area contributed by atoms with Crippen LogP contribution >= 0.6 is 23.1 Å². The normalized spacial score (nSPS) is 14.5. The zero-order valence-corrected chi connectivity index (χ0v) is 26.1. The van der Waals surface area contributed by atoms with E-state index in [1.807, 2.05) is 66.0 Å². The van der Waals surface area contributed by atoms with Crippen LogP contribution in [0, 0.1) is 11.3 Å². The number of para-hydroxylation sites is 1. The summed E-state index contributed by atoms with van der Waals surface area (Å²) in [6, 6.07) is 25.9. The lowest BCUT2D eigenvalue weighted by Gasteiger charge is -2.21. The van der Waals surface area contributed by atoms with E-state index in [-0.39, 0.29) is 18.4 Å². The van der Waals surface area contributed by atoms with Crippen LogP contribution in [-0.4, -0.2) is 47.6 Å². The molecule has 0 saturated carbocycles. The number of nitrogens with two attached hydrogens (primary N) is 1. The van der Waals surface area contributed by atoms with Crippen molar-refractivity contribution in [3.05, 3.63) is 107 Å². The maximum atomic E-state index is 13.4. The second-order valence-electron chi connectivity index (χ2n) is 9.89. The molecule has 0 spiro atoms. The number of amides is 3. The predicted molar refractivity (Wildman–Crippen MR) is 182 cm³/mol. The molecule has 1 aromatic heterocycles. The highest BCUT2D eigenvalue weighted by molar-refractivity contribution is 7.98. The Bertz CT molecular complexity index is 1770. The number of thiazole rings is 1. The number of aliphatic imine (C=N–C) groups is 2. The van der Waals surface area contributed by atoms with Gasteiger partial charge in [0.05, 0.1) is 29.7 Å². The molecule has 0 saturated heterocycles. The van der Waals surface area contributed by atoms with E-state index >= 15 is 0 Å². The first kappa shape index (κ1) is 31.2. The van der Waals surface area contributed by atoms with E-state index in [4.69, 9.17) is 16.0 Å². The summed E-state index contributed by atoms with van der Waals surface area (Å²) in [5.74, 6) is 1.35. The average molecular weight is 638 g/mol. The van der Waals surface area contributed by atoms with Gasteiger partial charge in [-0.05, 0) is 23.8 Å². The van der Waals surface area contributed by atoms with Crippen molar-refractivity contribution in [2.45, 2.75) is 24.9 Å². The molecule has 1 aliphatic heterocycles. The summed E-state index contributed by atoms with van der Waals surface area (Å²) >= 11 is 3.09. The highest BCUT2D eigenvalue weighted by atomic mass is 32.2. The zero-order valence-electron chi connectivity index (χ0n) is 24.4. The predicted octanol–water partition coefficient (Wildman–Crippen LogP) is 5.18. The van der Waals surface area contributed by atoms with Gasteiger partial charge in [-0.3, -0.25) is 4.79 Å². The third kappa shape index (κ3) is 8.26. The third-order valence-corrected chi connectivity index (χ3v) is 8.47. The molecule has 0 fully saturated rings. The van der Waals surface area contributed by atoms with Gasteiger partial charge in [-0.2, -0.15) is 17.0 Å². The van der Waals surface area contributed by atoms with Crippen molar-refractivity contribution >= 4 is 63.2 Å². The molecule has 3 amide bonds. The van der Waals surface area contributed by atoms with Gasteiger partial charge in [-0.25, -0.2) is 19.8 Å². The lowest BCUT2D eigenvalue weighted by Crippen LogP contribution is -2.47. The summed E-state index contributed by atoms with van der Waals surface area (Å²) < 4.78 is 0. The fourth-order valence-electron chi connectivity index (χ4n) is 4.53. The standard InChI is InChI=1S/C32H31N9O2S2/c1-41-26-14-6-5-13-25(26)27(22-10-3-2-4-11-22)38-28(29(41)42)39-31(43)36-23-12-7-9-21(17-23)18-35-30(34)40-32-37-24(20-45-32)19-44-16-8-15-33/h2-7,9-14,17,20,28H,8,16,18-19H2,1H3,(H2,36,39,43)(H3,34,35,37,40)/t28-/m0/s1. The lowest BCUT2D eigenvalue weighted by molar-refractivity contribution is -0.119. The van der Waals surface area contributed by atoms with Crippen molar-refractivity contribution in [1.82, 2.24) is 10.3 Å². The van der Waals surface area contributed by atoms with Gasteiger partial charge in [-0.15, -0.1) is 11.3 Å². The van der Waals surface area contributed by atoms with E-state index in [0.29, 0.717) is 28.6 Å². The number of benzene rings is 3. The van der Waals surface area contributed by atoms with Crippen LogP contribution in [0.3, 0.4) is 0 Å². The topological polar surface area (TPSA) is 161 Å². The fraction of sp³-hybridized carbons (Fsp3) is 0.188.